The van der Waals surface area contributed by atoms with E-state index in [0.29, 0.717) is 13.0 Å². The molecule has 2 aromatic rings. The van der Waals surface area contributed by atoms with Crippen molar-refractivity contribution in [2.45, 2.75) is 44.6 Å². The molecule has 1 unspecified atom stereocenters. The van der Waals surface area contributed by atoms with Crippen molar-refractivity contribution in [3.8, 4) is 11.1 Å². The first-order chi connectivity index (χ1) is 16.5. The van der Waals surface area contributed by atoms with Crippen LogP contribution in [0.5, 0.6) is 0 Å². The lowest BCUT2D eigenvalue weighted by molar-refractivity contribution is -0.161. The number of nitrogens with one attached hydrogen (secondary N) is 2. The van der Waals surface area contributed by atoms with Crippen molar-refractivity contribution in [1.29, 1.82) is 0 Å². The Morgan fingerprint density at radius 3 is 2.26 bits per heavy atom. The van der Waals surface area contributed by atoms with Gasteiger partial charge in [-0.25, -0.2) is 15.1 Å². The first-order valence-corrected chi connectivity index (χ1v) is 11.7. The van der Waals surface area contributed by atoms with Gasteiger partial charge < -0.3 is 15.2 Å². The van der Waals surface area contributed by atoms with Gasteiger partial charge in [-0.15, -0.1) is 0 Å². The highest BCUT2D eigenvalue weighted by molar-refractivity contribution is 5.80. The quantitative estimate of drug-likeness (QED) is 0.509. The van der Waals surface area contributed by atoms with Crippen molar-refractivity contribution >= 4 is 18.0 Å². The Kier molecular flexibility index (Phi) is 7.47. The highest BCUT2D eigenvalue weighted by atomic mass is 16.7. The summed E-state index contributed by atoms with van der Waals surface area (Å²) in [6, 6.07) is 16.3. The average Bonchev–Trinajstić information content (AvgIpc) is 3.18. The molecule has 0 heterocycles. The molecule has 0 bridgehead atoms. The number of ether oxygens (including phenoxy) is 1. The molecular formula is C26H30N2O6. The van der Waals surface area contributed by atoms with Crippen LogP contribution in [0.25, 0.3) is 11.1 Å². The fourth-order valence-electron chi connectivity index (χ4n) is 4.93. The van der Waals surface area contributed by atoms with E-state index in [1.807, 2.05) is 24.3 Å². The zero-order valence-corrected chi connectivity index (χ0v) is 19.2. The minimum absolute atomic E-state index is 0.0141. The van der Waals surface area contributed by atoms with E-state index in [9.17, 15) is 14.4 Å². The molecule has 3 atom stereocenters. The summed E-state index contributed by atoms with van der Waals surface area (Å²) >= 11 is 0. The maximum atomic E-state index is 12.5. The molecule has 0 saturated heterocycles. The van der Waals surface area contributed by atoms with Gasteiger partial charge in [-0.05, 0) is 47.9 Å². The van der Waals surface area contributed by atoms with Gasteiger partial charge in [0.15, 0.2) is 6.10 Å². The number of hydrogen-bond donors (Lipinski definition) is 3. The van der Waals surface area contributed by atoms with E-state index in [4.69, 9.17) is 14.7 Å². The van der Waals surface area contributed by atoms with Gasteiger partial charge in [-0.3, -0.25) is 9.63 Å². The molecule has 180 valence electrons. The number of carbonyl (C=O) groups is 3. The number of carbonyl (C=O) groups excluding carboxylic acids is 2. The van der Waals surface area contributed by atoms with Gasteiger partial charge in [0, 0.05) is 18.4 Å². The Morgan fingerprint density at radius 2 is 1.62 bits per heavy atom. The Hall–Kier alpha value is -3.39. The molecule has 8 heteroatoms. The maximum absolute atomic E-state index is 12.5. The van der Waals surface area contributed by atoms with E-state index in [2.05, 4.69) is 35.1 Å². The van der Waals surface area contributed by atoms with E-state index in [-0.39, 0.29) is 30.3 Å². The van der Waals surface area contributed by atoms with Crippen LogP contribution in [0.15, 0.2) is 48.5 Å². The SMILES string of the molecule is CC(ONC(=O)[C@@H]1CCCC[C@@H]1CNC(=O)OCC1c2ccccc2-c2ccccc21)C(=O)O. The van der Waals surface area contributed by atoms with Gasteiger partial charge in [0.1, 0.15) is 6.61 Å². The van der Waals surface area contributed by atoms with E-state index in [1.165, 1.54) is 18.1 Å². The number of hydrogen-bond acceptors (Lipinski definition) is 5. The standard InChI is InChI=1S/C26H30N2O6/c1-16(25(30)31)34-28-24(29)18-9-3-2-8-17(18)14-27-26(32)33-15-23-21-12-6-4-10-19(21)20-11-5-7-13-22(20)23/h4-7,10-13,16-18,23H,2-3,8-9,14-15H2,1H3,(H,27,32)(H,28,29)(H,30,31)/t16?,17-,18-/m1/s1. The zero-order chi connectivity index (χ0) is 24.1. The van der Waals surface area contributed by atoms with Crippen LogP contribution in [0, 0.1) is 11.8 Å². The second-order valence-electron chi connectivity index (χ2n) is 8.92. The molecule has 4 rings (SSSR count). The summed E-state index contributed by atoms with van der Waals surface area (Å²) < 4.78 is 5.59. The fourth-order valence-corrected chi connectivity index (χ4v) is 4.93. The maximum Gasteiger partial charge on any atom is 0.407 e. The summed E-state index contributed by atoms with van der Waals surface area (Å²) in [6.45, 7) is 1.89. The predicted octanol–water partition coefficient (Wildman–Crippen LogP) is 3.85. The molecule has 2 aromatic carbocycles. The van der Waals surface area contributed by atoms with E-state index in [0.717, 1.165) is 30.4 Å². The summed E-state index contributed by atoms with van der Waals surface area (Å²) in [5.74, 6) is -1.95. The summed E-state index contributed by atoms with van der Waals surface area (Å²) in [5, 5.41) is 11.7. The molecule has 2 aliphatic rings. The molecule has 0 radical (unpaired) electrons. The van der Waals surface area contributed by atoms with Gasteiger partial charge in [0.05, 0.1) is 0 Å². The molecule has 1 fully saturated rings. The number of hydroxylamine groups is 1. The number of alkyl carbamates (subject to hydrolysis) is 1. The van der Waals surface area contributed by atoms with Crippen LogP contribution >= 0.6 is 0 Å². The van der Waals surface area contributed by atoms with Crippen LogP contribution in [-0.2, 0) is 19.2 Å². The number of rotatable bonds is 8. The molecular weight excluding hydrogens is 436 g/mol. The predicted molar refractivity (Wildman–Crippen MR) is 125 cm³/mol. The minimum Gasteiger partial charge on any atom is -0.479 e. The normalized spacial score (nSPS) is 20.0. The molecule has 3 N–H and O–H groups in total. The van der Waals surface area contributed by atoms with E-state index >= 15 is 0 Å². The zero-order valence-electron chi connectivity index (χ0n) is 19.2. The lowest BCUT2D eigenvalue weighted by Gasteiger charge is -2.30. The largest absolute Gasteiger partial charge is 0.479 e. The van der Waals surface area contributed by atoms with Crippen LogP contribution < -0.4 is 10.8 Å². The van der Waals surface area contributed by atoms with Crippen molar-refractivity contribution in [1.82, 2.24) is 10.8 Å². The molecule has 2 aliphatic carbocycles. The van der Waals surface area contributed by atoms with Crippen molar-refractivity contribution in [3.05, 3.63) is 59.7 Å². The molecule has 0 aliphatic heterocycles. The first-order valence-electron chi connectivity index (χ1n) is 11.7. The molecule has 8 nitrogen and oxygen atoms in total. The third kappa shape index (κ3) is 5.22. The third-order valence-electron chi connectivity index (χ3n) is 6.78. The summed E-state index contributed by atoms with van der Waals surface area (Å²) in [5.41, 5.74) is 6.90. The first kappa shape index (κ1) is 23.8. The van der Waals surface area contributed by atoms with Gasteiger partial charge >= 0.3 is 12.1 Å². The number of carboxylic acid groups (broad SMARTS) is 1. The number of amides is 2. The molecule has 0 aromatic heterocycles. The van der Waals surface area contributed by atoms with Crippen molar-refractivity contribution in [2.24, 2.45) is 11.8 Å². The van der Waals surface area contributed by atoms with Gasteiger partial charge in [-0.1, -0.05) is 61.4 Å². The number of carboxylic acids is 1. The van der Waals surface area contributed by atoms with Crippen LogP contribution in [0.3, 0.4) is 0 Å². The number of benzene rings is 2. The topological polar surface area (TPSA) is 114 Å². The Balaban J connectivity index is 1.30. The van der Waals surface area contributed by atoms with Crippen LogP contribution in [-0.4, -0.2) is 42.3 Å². The Labute approximate surface area is 198 Å². The van der Waals surface area contributed by atoms with Crippen molar-refractivity contribution in [3.63, 3.8) is 0 Å². The highest BCUT2D eigenvalue weighted by Gasteiger charge is 2.33. The van der Waals surface area contributed by atoms with Crippen molar-refractivity contribution in [2.75, 3.05) is 13.2 Å². The van der Waals surface area contributed by atoms with Crippen LogP contribution in [0.1, 0.15) is 49.7 Å². The summed E-state index contributed by atoms with van der Waals surface area (Å²) in [4.78, 5) is 40.9. The van der Waals surface area contributed by atoms with Gasteiger partial charge in [-0.2, -0.15) is 0 Å². The Bertz CT molecular complexity index is 1010. The summed E-state index contributed by atoms with van der Waals surface area (Å²) in [7, 11) is 0. The van der Waals surface area contributed by atoms with Crippen LogP contribution in [0.4, 0.5) is 4.79 Å². The second kappa shape index (κ2) is 10.7. The Morgan fingerprint density at radius 1 is 1.00 bits per heavy atom. The smallest absolute Gasteiger partial charge is 0.407 e. The highest BCUT2D eigenvalue weighted by Crippen LogP contribution is 2.44. The minimum atomic E-state index is -1.16. The van der Waals surface area contributed by atoms with Crippen molar-refractivity contribution < 1.29 is 29.1 Å². The van der Waals surface area contributed by atoms with E-state index in [1.54, 1.807) is 0 Å². The molecule has 1 saturated carbocycles. The number of aliphatic carboxylic acids is 1. The lowest BCUT2D eigenvalue weighted by Crippen LogP contribution is -2.43. The summed E-state index contributed by atoms with van der Waals surface area (Å²) in [6.07, 6.45) is 1.66. The monoisotopic (exact) mass is 466 g/mol. The fraction of sp³-hybridized carbons (Fsp3) is 0.423. The molecule has 0 spiro atoms. The third-order valence-corrected chi connectivity index (χ3v) is 6.78. The lowest BCUT2D eigenvalue weighted by atomic mass is 9.79. The van der Waals surface area contributed by atoms with E-state index < -0.39 is 18.2 Å². The van der Waals surface area contributed by atoms with Gasteiger partial charge in [0.2, 0.25) is 5.91 Å². The second-order valence-corrected chi connectivity index (χ2v) is 8.92. The molecule has 34 heavy (non-hydrogen) atoms. The number of fused-ring (bicyclic) bond motifs is 3. The van der Waals surface area contributed by atoms with Gasteiger partial charge in [0.25, 0.3) is 0 Å². The molecule has 2 amide bonds. The average molecular weight is 467 g/mol. The van der Waals surface area contributed by atoms with Crippen LogP contribution in [0.2, 0.25) is 0 Å².